The van der Waals surface area contributed by atoms with Crippen LogP contribution in [0.2, 0.25) is 0 Å². The Balaban J connectivity index is 2.16. The van der Waals surface area contributed by atoms with Crippen LogP contribution in [0.4, 0.5) is 35.0 Å². The molecule has 0 saturated heterocycles. The van der Waals surface area contributed by atoms with Crippen LogP contribution in [0, 0.1) is 27.6 Å². The Morgan fingerprint density at radius 3 is 2.41 bits per heavy atom. The van der Waals surface area contributed by atoms with Crippen molar-refractivity contribution < 1.29 is 22.9 Å². The molecule has 0 spiro atoms. The molecule has 0 radical (unpaired) electrons. The zero-order chi connectivity index (χ0) is 16.3. The minimum Gasteiger partial charge on any atom is -0.307 e. The summed E-state index contributed by atoms with van der Waals surface area (Å²) in [5.74, 6) is -4.03. The third-order valence-corrected chi connectivity index (χ3v) is 2.60. The lowest BCUT2D eigenvalue weighted by molar-refractivity contribution is -0.384. The molecule has 0 fully saturated rings. The molecule has 0 aliphatic rings. The Kier molecular flexibility index (Phi) is 4.25. The van der Waals surface area contributed by atoms with Crippen LogP contribution >= 0.6 is 0 Å². The molecule has 9 heteroatoms. The summed E-state index contributed by atoms with van der Waals surface area (Å²) < 4.78 is 39.7. The molecule has 0 heterocycles. The van der Waals surface area contributed by atoms with E-state index >= 15 is 0 Å². The number of carbonyl (C=O) groups is 1. The van der Waals surface area contributed by atoms with E-state index < -0.39 is 34.1 Å². The molecule has 0 bridgehead atoms. The average Bonchev–Trinajstić information content (AvgIpc) is 2.48. The smallest absolute Gasteiger partial charge is 0.307 e. The van der Waals surface area contributed by atoms with Crippen molar-refractivity contribution in [2.24, 2.45) is 0 Å². The lowest BCUT2D eigenvalue weighted by Gasteiger charge is -2.09. The zero-order valence-corrected chi connectivity index (χ0v) is 10.8. The van der Waals surface area contributed by atoms with E-state index in [0.29, 0.717) is 12.1 Å². The summed E-state index contributed by atoms with van der Waals surface area (Å²) in [6.07, 6.45) is 0. The van der Waals surface area contributed by atoms with E-state index in [1.54, 1.807) is 5.32 Å². The minimum absolute atomic E-state index is 0.0314. The molecule has 0 atom stereocenters. The van der Waals surface area contributed by atoms with E-state index in [2.05, 4.69) is 5.32 Å². The van der Waals surface area contributed by atoms with E-state index in [9.17, 15) is 28.1 Å². The molecule has 0 aromatic heterocycles. The molecule has 114 valence electrons. The maximum atomic E-state index is 13.4. The Bertz CT molecular complexity index is 753. The van der Waals surface area contributed by atoms with Crippen molar-refractivity contribution in [2.45, 2.75) is 0 Å². The fourth-order valence-electron chi connectivity index (χ4n) is 1.61. The zero-order valence-electron chi connectivity index (χ0n) is 10.8. The number of urea groups is 1. The summed E-state index contributed by atoms with van der Waals surface area (Å²) in [6, 6.07) is 5.06. The molecule has 0 aliphatic carbocycles. The van der Waals surface area contributed by atoms with Gasteiger partial charge in [0.05, 0.1) is 4.92 Å². The summed E-state index contributed by atoms with van der Waals surface area (Å²) >= 11 is 0. The van der Waals surface area contributed by atoms with Crippen molar-refractivity contribution in [3.63, 3.8) is 0 Å². The highest BCUT2D eigenvalue weighted by molar-refractivity contribution is 6.00. The van der Waals surface area contributed by atoms with Crippen LogP contribution < -0.4 is 10.6 Å². The Morgan fingerprint density at radius 2 is 1.73 bits per heavy atom. The molecule has 6 nitrogen and oxygen atoms in total. The maximum absolute atomic E-state index is 13.4. The monoisotopic (exact) mass is 311 g/mol. The topological polar surface area (TPSA) is 84.3 Å². The number of benzene rings is 2. The first-order valence-corrected chi connectivity index (χ1v) is 5.84. The van der Waals surface area contributed by atoms with Crippen molar-refractivity contribution >= 4 is 23.1 Å². The van der Waals surface area contributed by atoms with E-state index in [1.165, 1.54) is 18.2 Å². The molecular weight excluding hydrogens is 303 g/mol. The molecule has 2 aromatic rings. The highest BCUT2D eigenvalue weighted by atomic mass is 19.2. The third kappa shape index (κ3) is 3.32. The summed E-state index contributed by atoms with van der Waals surface area (Å²) in [5.41, 5.74) is -1.20. The third-order valence-electron chi connectivity index (χ3n) is 2.60. The number of anilines is 2. The molecule has 2 rings (SSSR count). The molecule has 0 unspecified atom stereocenters. The summed E-state index contributed by atoms with van der Waals surface area (Å²) in [7, 11) is 0. The average molecular weight is 311 g/mol. The maximum Gasteiger partial charge on any atom is 0.323 e. The highest BCUT2D eigenvalue weighted by Gasteiger charge is 2.16. The standard InChI is InChI=1S/C13H8F3N3O3/c14-9-4-5-10(15)12(11(9)16)18-13(20)17-7-2-1-3-8(6-7)19(21)22/h1-6H,(H2,17,18,20). The molecule has 2 amide bonds. The van der Waals surface area contributed by atoms with Crippen LogP contribution in [0.5, 0.6) is 0 Å². The van der Waals surface area contributed by atoms with Crippen LogP contribution in [0.15, 0.2) is 36.4 Å². The van der Waals surface area contributed by atoms with Gasteiger partial charge in [-0.3, -0.25) is 10.1 Å². The van der Waals surface area contributed by atoms with Gasteiger partial charge >= 0.3 is 6.03 Å². The number of nitrogens with one attached hydrogen (secondary N) is 2. The van der Waals surface area contributed by atoms with Crippen molar-refractivity contribution in [2.75, 3.05) is 10.6 Å². The van der Waals surface area contributed by atoms with Crippen molar-refractivity contribution in [1.82, 2.24) is 0 Å². The van der Waals surface area contributed by atoms with Gasteiger partial charge in [0, 0.05) is 17.8 Å². The number of nitro benzene ring substituents is 1. The normalized spacial score (nSPS) is 10.1. The summed E-state index contributed by atoms with van der Waals surface area (Å²) in [5, 5.41) is 14.5. The number of halogens is 3. The van der Waals surface area contributed by atoms with Gasteiger partial charge in [0.25, 0.3) is 5.69 Å². The van der Waals surface area contributed by atoms with Gasteiger partial charge in [-0.15, -0.1) is 0 Å². The summed E-state index contributed by atoms with van der Waals surface area (Å²) in [4.78, 5) is 21.6. The molecule has 2 N–H and O–H groups in total. The quantitative estimate of drug-likeness (QED) is 0.515. The van der Waals surface area contributed by atoms with Gasteiger partial charge in [0.1, 0.15) is 11.5 Å². The Morgan fingerprint density at radius 1 is 1.05 bits per heavy atom. The van der Waals surface area contributed by atoms with Crippen molar-refractivity contribution in [1.29, 1.82) is 0 Å². The minimum atomic E-state index is -1.55. The van der Waals surface area contributed by atoms with Crippen LogP contribution in [0.3, 0.4) is 0 Å². The number of nitro groups is 1. The van der Waals surface area contributed by atoms with Gasteiger partial charge in [-0.1, -0.05) is 6.07 Å². The van der Waals surface area contributed by atoms with Gasteiger partial charge in [-0.2, -0.15) is 0 Å². The number of nitrogens with zero attached hydrogens (tertiary/aromatic N) is 1. The van der Waals surface area contributed by atoms with E-state index in [1.807, 2.05) is 0 Å². The van der Waals surface area contributed by atoms with Crippen LogP contribution in [0.25, 0.3) is 0 Å². The SMILES string of the molecule is O=C(Nc1cccc([N+](=O)[O-])c1)Nc1c(F)ccc(F)c1F. The second-order valence-electron chi connectivity index (χ2n) is 4.10. The molecule has 2 aromatic carbocycles. The van der Waals surface area contributed by atoms with Gasteiger partial charge in [0.2, 0.25) is 0 Å². The van der Waals surface area contributed by atoms with Crippen molar-refractivity contribution in [3.05, 3.63) is 64.0 Å². The van der Waals surface area contributed by atoms with Gasteiger partial charge in [-0.25, -0.2) is 18.0 Å². The van der Waals surface area contributed by atoms with E-state index in [-0.39, 0.29) is 11.4 Å². The number of carbonyl (C=O) groups excluding carboxylic acids is 1. The molecular formula is C13H8F3N3O3. The summed E-state index contributed by atoms with van der Waals surface area (Å²) in [6.45, 7) is 0. The van der Waals surface area contributed by atoms with Crippen molar-refractivity contribution in [3.8, 4) is 0 Å². The molecule has 0 aliphatic heterocycles. The second-order valence-corrected chi connectivity index (χ2v) is 4.10. The van der Waals surface area contributed by atoms with Gasteiger partial charge < -0.3 is 10.6 Å². The second kappa shape index (κ2) is 6.12. The Labute approximate surface area is 121 Å². The molecule has 0 saturated carbocycles. The lowest BCUT2D eigenvalue weighted by atomic mass is 10.2. The fourth-order valence-corrected chi connectivity index (χ4v) is 1.61. The van der Waals surface area contributed by atoms with Gasteiger partial charge in [0.15, 0.2) is 11.6 Å². The number of hydrogen-bond donors (Lipinski definition) is 2. The van der Waals surface area contributed by atoms with Crippen LogP contribution in [0.1, 0.15) is 0 Å². The molecule has 22 heavy (non-hydrogen) atoms. The number of amides is 2. The van der Waals surface area contributed by atoms with Crippen LogP contribution in [-0.4, -0.2) is 11.0 Å². The largest absolute Gasteiger partial charge is 0.323 e. The number of rotatable bonds is 3. The Hall–Kier alpha value is -3.10. The highest BCUT2D eigenvalue weighted by Crippen LogP contribution is 2.22. The first-order chi connectivity index (χ1) is 10.4. The van der Waals surface area contributed by atoms with Gasteiger partial charge in [-0.05, 0) is 18.2 Å². The lowest BCUT2D eigenvalue weighted by Crippen LogP contribution is -2.21. The number of non-ortho nitro benzene ring substituents is 1. The van der Waals surface area contributed by atoms with E-state index in [4.69, 9.17) is 0 Å². The predicted octanol–water partition coefficient (Wildman–Crippen LogP) is 3.66. The van der Waals surface area contributed by atoms with Crippen LogP contribution in [-0.2, 0) is 0 Å². The first-order valence-electron chi connectivity index (χ1n) is 5.84. The fraction of sp³-hybridized carbons (Fsp3) is 0. The number of hydrogen-bond acceptors (Lipinski definition) is 3. The van der Waals surface area contributed by atoms with E-state index in [0.717, 1.165) is 6.07 Å². The predicted molar refractivity (Wildman–Crippen MR) is 72.1 cm³/mol. The first kappa shape index (κ1) is 15.3.